The van der Waals surface area contributed by atoms with Crippen molar-refractivity contribution >= 4 is 11.4 Å². The molecule has 0 amide bonds. The fourth-order valence-electron chi connectivity index (χ4n) is 2.36. The van der Waals surface area contributed by atoms with E-state index in [0.29, 0.717) is 6.04 Å². The minimum absolute atomic E-state index is 0.178. The van der Waals surface area contributed by atoms with Crippen molar-refractivity contribution < 1.29 is 4.39 Å². The molecule has 0 atom stereocenters. The van der Waals surface area contributed by atoms with Crippen molar-refractivity contribution in [1.82, 2.24) is 5.32 Å². The Morgan fingerprint density at radius 3 is 2.60 bits per heavy atom. The molecule has 0 bridgehead atoms. The fourth-order valence-corrected chi connectivity index (χ4v) is 2.36. The van der Waals surface area contributed by atoms with Gasteiger partial charge in [0.15, 0.2) is 0 Å². The van der Waals surface area contributed by atoms with Crippen LogP contribution in [0.15, 0.2) is 48.5 Å². The van der Waals surface area contributed by atoms with Crippen LogP contribution in [0.3, 0.4) is 0 Å². The van der Waals surface area contributed by atoms with Crippen molar-refractivity contribution in [2.45, 2.75) is 25.4 Å². The number of benzene rings is 2. The van der Waals surface area contributed by atoms with Crippen molar-refractivity contribution in [3.63, 3.8) is 0 Å². The zero-order valence-corrected chi connectivity index (χ0v) is 11.6. The van der Waals surface area contributed by atoms with Crippen LogP contribution in [0.5, 0.6) is 0 Å². The molecule has 1 fully saturated rings. The van der Waals surface area contributed by atoms with Crippen LogP contribution in [-0.2, 0) is 6.54 Å². The molecule has 1 aliphatic carbocycles. The second-order valence-corrected chi connectivity index (χ2v) is 5.32. The molecule has 0 spiro atoms. The molecule has 0 saturated heterocycles. The molecule has 0 aromatic heterocycles. The van der Waals surface area contributed by atoms with Gasteiger partial charge in [-0.25, -0.2) is 4.39 Å². The number of nitrogens with one attached hydrogen (secondary N) is 1. The first-order chi connectivity index (χ1) is 9.74. The van der Waals surface area contributed by atoms with Crippen molar-refractivity contribution in [1.29, 1.82) is 0 Å². The van der Waals surface area contributed by atoms with Crippen LogP contribution in [0.1, 0.15) is 18.4 Å². The third-order valence-corrected chi connectivity index (χ3v) is 3.70. The number of halogens is 1. The average molecular weight is 270 g/mol. The standard InChI is InChI=1S/C17H19FN2/c1-20(16-5-3-2-4-6-16)17-10-7-14(18)11-13(17)12-19-15-8-9-15/h2-7,10-11,15,19H,8-9,12H2,1H3. The molecule has 0 aliphatic heterocycles. The molecule has 104 valence electrons. The Morgan fingerprint density at radius 2 is 1.90 bits per heavy atom. The third kappa shape index (κ3) is 2.99. The zero-order chi connectivity index (χ0) is 13.9. The van der Waals surface area contributed by atoms with E-state index >= 15 is 0 Å². The van der Waals surface area contributed by atoms with Crippen LogP contribution in [0.2, 0.25) is 0 Å². The molecule has 20 heavy (non-hydrogen) atoms. The van der Waals surface area contributed by atoms with E-state index in [4.69, 9.17) is 0 Å². The highest BCUT2D eigenvalue weighted by molar-refractivity contribution is 5.65. The van der Waals surface area contributed by atoms with E-state index in [1.165, 1.54) is 18.9 Å². The van der Waals surface area contributed by atoms with E-state index in [-0.39, 0.29) is 5.82 Å². The lowest BCUT2D eigenvalue weighted by molar-refractivity contribution is 0.619. The quantitative estimate of drug-likeness (QED) is 0.888. The first kappa shape index (κ1) is 13.1. The predicted octanol–water partition coefficient (Wildman–Crippen LogP) is 3.85. The van der Waals surface area contributed by atoms with Crippen molar-refractivity contribution in [3.05, 3.63) is 59.9 Å². The minimum atomic E-state index is -0.178. The highest BCUT2D eigenvalue weighted by Gasteiger charge is 2.21. The van der Waals surface area contributed by atoms with Crippen LogP contribution < -0.4 is 10.2 Å². The maximum Gasteiger partial charge on any atom is 0.123 e. The number of nitrogens with zero attached hydrogens (tertiary/aromatic N) is 1. The highest BCUT2D eigenvalue weighted by atomic mass is 19.1. The predicted molar refractivity (Wildman–Crippen MR) is 80.8 cm³/mol. The van der Waals surface area contributed by atoms with Crippen molar-refractivity contribution in [2.75, 3.05) is 11.9 Å². The average Bonchev–Trinajstić information content (AvgIpc) is 3.30. The van der Waals surface area contributed by atoms with Gasteiger partial charge in [0.05, 0.1) is 0 Å². The van der Waals surface area contributed by atoms with E-state index in [2.05, 4.69) is 22.3 Å². The van der Waals surface area contributed by atoms with E-state index in [0.717, 1.165) is 23.5 Å². The van der Waals surface area contributed by atoms with Crippen LogP contribution in [0, 0.1) is 5.82 Å². The van der Waals surface area contributed by atoms with E-state index in [1.807, 2.05) is 31.3 Å². The number of para-hydroxylation sites is 1. The van der Waals surface area contributed by atoms with Gasteiger partial charge in [0.2, 0.25) is 0 Å². The van der Waals surface area contributed by atoms with Gasteiger partial charge in [0.25, 0.3) is 0 Å². The van der Waals surface area contributed by atoms with Gasteiger partial charge in [-0.3, -0.25) is 0 Å². The summed E-state index contributed by atoms with van der Waals surface area (Å²) >= 11 is 0. The Balaban J connectivity index is 1.86. The van der Waals surface area contributed by atoms with Crippen LogP contribution in [-0.4, -0.2) is 13.1 Å². The maximum atomic E-state index is 13.5. The van der Waals surface area contributed by atoms with E-state index in [9.17, 15) is 4.39 Å². The Kier molecular flexibility index (Phi) is 3.70. The lowest BCUT2D eigenvalue weighted by Gasteiger charge is -2.23. The van der Waals surface area contributed by atoms with Crippen molar-refractivity contribution in [2.24, 2.45) is 0 Å². The molecule has 2 aromatic rings. The summed E-state index contributed by atoms with van der Waals surface area (Å²) in [4.78, 5) is 2.10. The molecular weight excluding hydrogens is 251 g/mol. The van der Waals surface area contributed by atoms with E-state index in [1.54, 1.807) is 6.07 Å². The number of anilines is 2. The monoisotopic (exact) mass is 270 g/mol. The normalized spacial score (nSPS) is 14.3. The molecule has 3 heteroatoms. The highest BCUT2D eigenvalue weighted by Crippen LogP contribution is 2.28. The zero-order valence-electron chi connectivity index (χ0n) is 11.6. The minimum Gasteiger partial charge on any atom is -0.344 e. The topological polar surface area (TPSA) is 15.3 Å². The summed E-state index contributed by atoms with van der Waals surface area (Å²) in [5, 5.41) is 3.45. The molecule has 2 nitrogen and oxygen atoms in total. The van der Waals surface area contributed by atoms with Crippen LogP contribution >= 0.6 is 0 Å². The molecular formula is C17H19FN2. The Labute approximate surface area is 119 Å². The molecule has 0 radical (unpaired) electrons. The second kappa shape index (κ2) is 5.63. The van der Waals surface area contributed by atoms with Crippen LogP contribution in [0.25, 0.3) is 0 Å². The number of rotatable bonds is 5. The molecule has 0 unspecified atom stereocenters. The summed E-state index contributed by atoms with van der Waals surface area (Å²) in [7, 11) is 2.02. The first-order valence-corrected chi connectivity index (χ1v) is 7.04. The number of hydrogen-bond donors (Lipinski definition) is 1. The van der Waals surface area contributed by atoms with Crippen LogP contribution in [0.4, 0.5) is 15.8 Å². The maximum absolute atomic E-state index is 13.5. The Morgan fingerprint density at radius 1 is 1.15 bits per heavy atom. The van der Waals surface area contributed by atoms with Gasteiger partial charge in [0, 0.05) is 31.0 Å². The fraction of sp³-hybridized carbons (Fsp3) is 0.294. The summed E-state index contributed by atoms with van der Waals surface area (Å²) in [5.74, 6) is -0.178. The third-order valence-electron chi connectivity index (χ3n) is 3.70. The number of hydrogen-bond acceptors (Lipinski definition) is 2. The molecule has 0 heterocycles. The smallest absolute Gasteiger partial charge is 0.123 e. The van der Waals surface area contributed by atoms with Gasteiger partial charge in [-0.1, -0.05) is 18.2 Å². The summed E-state index contributed by atoms with van der Waals surface area (Å²) in [6.07, 6.45) is 2.47. The summed E-state index contributed by atoms with van der Waals surface area (Å²) in [5.41, 5.74) is 3.15. The SMILES string of the molecule is CN(c1ccccc1)c1ccc(F)cc1CNC1CC1. The summed E-state index contributed by atoms with van der Waals surface area (Å²) in [6.45, 7) is 0.717. The Hall–Kier alpha value is -1.87. The molecule has 1 aliphatic rings. The summed E-state index contributed by atoms with van der Waals surface area (Å²) in [6, 6.07) is 15.8. The molecule has 3 rings (SSSR count). The first-order valence-electron chi connectivity index (χ1n) is 7.04. The Bertz CT molecular complexity index is 579. The molecule has 2 aromatic carbocycles. The van der Waals surface area contributed by atoms with Gasteiger partial charge in [-0.05, 0) is 48.7 Å². The summed E-state index contributed by atoms with van der Waals surface area (Å²) < 4.78 is 13.5. The van der Waals surface area contributed by atoms with E-state index < -0.39 is 0 Å². The van der Waals surface area contributed by atoms with Gasteiger partial charge >= 0.3 is 0 Å². The second-order valence-electron chi connectivity index (χ2n) is 5.32. The van der Waals surface area contributed by atoms with Gasteiger partial charge in [0.1, 0.15) is 5.82 Å². The lowest BCUT2D eigenvalue weighted by atomic mass is 10.1. The van der Waals surface area contributed by atoms with Gasteiger partial charge in [-0.2, -0.15) is 0 Å². The molecule has 1 saturated carbocycles. The molecule has 1 N–H and O–H groups in total. The van der Waals surface area contributed by atoms with Gasteiger partial charge in [-0.15, -0.1) is 0 Å². The van der Waals surface area contributed by atoms with Gasteiger partial charge < -0.3 is 10.2 Å². The van der Waals surface area contributed by atoms with Crippen molar-refractivity contribution in [3.8, 4) is 0 Å². The lowest BCUT2D eigenvalue weighted by Crippen LogP contribution is -2.19. The largest absolute Gasteiger partial charge is 0.344 e.